The number of phenolic OH excluding ortho intramolecular Hbond substituents is 1. The molecule has 374 valence electrons. The molecule has 3 aromatic rings. The molecule has 1 spiro atoms. The number of phenols is 1. The van der Waals surface area contributed by atoms with Crippen LogP contribution in [0.15, 0.2) is 60.7 Å². The first-order chi connectivity index (χ1) is 32.6. The lowest BCUT2D eigenvalue weighted by Crippen LogP contribution is -2.60. The van der Waals surface area contributed by atoms with Crippen LogP contribution in [0.3, 0.4) is 0 Å². The van der Waals surface area contributed by atoms with Crippen molar-refractivity contribution in [2.75, 3.05) is 67.0 Å². The zero-order chi connectivity index (χ0) is 50.3. The highest BCUT2D eigenvalue weighted by atomic mass is 16.5. The van der Waals surface area contributed by atoms with Gasteiger partial charge in [-0.25, -0.2) is 5.43 Å². The summed E-state index contributed by atoms with van der Waals surface area (Å²) in [5.74, 6) is -2.46. The van der Waals surface area contributed by atoms with Crippen molar-refractivity contribution < 1.29 is 33.8 Å². The average Bonchev–Trinajstić information content (AvgIpc) is 3.66. The number of hydrogen-bond donors (Lipinski definition) is 3. The van der Waals surface area contributed by atoms with E-state index in [4.69, 9.17) is 10.5 Å². The van der Waals surface area contributed by atoms with Crippen molar-refractivity contribution in [2.45, 2.75) is 117 Å². The van der Waals surface area contributed by atoms with E-state index in [9.17, 15) is 24.3 Å². The zero-order valence-electron chi connectivity index (χ0n) is 42.7. The maximum atomic E-state index is 15.1. The first-order valence-electron chi connectivity index (χ1n) is 24.8. The molecule has 3 fully saturated rings. The number of rotatable bonds is 12. The number of nitrogens with two attached hydrogens (primary N) is 1. The van der Waals surface area contributed by atoms with Crippen molar-refractivity contribution in [1.29, 1.82) is 0 Å². The summed E-state index contributed by atoms with van der Waals surface area (Å²) in [6.07, 6.45) is 6.57. The second-order valence-corrected chi connectivity index (χ2v) is 21.8. The fraction of sp³-hybridized carbons (Fsp3) is 0.574. The van der Waals surface area contributed by atoms with E-state index in [0.29, 0.717) is 57.4 Å². The lowest BCUT2D eigenvalue weighted by molar-refractivity contribution is -0.156. The van der Waals surface area contributed by atoms with Gasteiger partial charge in [0.25, 0.3) is 5.91 Å². The average molecular weight is 949 g/mol. The normalized spacial score (nSPS) is 23.3. The van der Waals surface area contributed by atoms with Crippen molar-refractivity contribution in [3.8, 4) is 16.9 Å². The molecule has 5 atom stereocenters. The molecule has 7 rings (SSSR count). The number of hydrazine groups is 1. The third-order valence-corrected chi connectivity index (χ3v) is 14.9. The quantitative estimate of drug-likeness (QED) is 0.0923. The second kappa shape index (κ2) is 20.1. The van der Waals surface area contributed by atoms with Crippen molar-refractivity contribution >= 4 is 40.5 Å². The summed E-state index contributed by atoms with van der Waals surface area (Å²) < 4.78 is 8.55. The number of amides is 4. The number of aromatic hydroxyl groups is 1. The van der Waals surface area contributed by atoms with E-state index in [-0.39, 0.29) is 61.4 Å². The van der Waals surface area contributed by atoms with Gasteiger partial charge in [-0.3, -0.25) is 29.0 Å². The molecular formula is C54H76N8O7. The smallest absolute Gasteiger partial charge is 0.324 e. The molecule has 0 radical (unpaired) electrons. The Labute approximate surface area is 408 Å². The minimum absolute atomic E-state index is 0.0187. The number of hydrogen-bond acceptors (Lipinski definition) is 10. The van der Waals surface area contributed by atoms with E-state index in [0.717, 1.165) is 46.3 Å². The number of nitrogens with zero attached hydrogens (tertiary/aromatic N) is 6. The van der Waals surface area contributed by atoms with Gasteiger partial charge in [0.05, 0.1) is 19.1 Å². The SMILES string of the molecule is C=CC(=O)N1CC[C@H](C(=O)N(C)[C@H](C(=O)N2C[C@@]23Cc2cc(O)cc(c2)-c2ccc4c(c2)c(c([C@@](C)(/C=C(\C)CCN(C)C)CN)n4CC)CC(C)(C)COC(=O)[C@@H]2CCCN(N2)C3=O)C(C)C)C1. The van der Waals surface area contributed by atoms with E-state index in [1.807, 2.05) is 19.9 Å². The molecule has 0 aliphatic carbocycles. The summed E-state index contributed by atoms with van der Waals surface area (Å²) >= 11 is 0. The molecular weight excluding hydrogens is 873 g/mol. The summed E-state index contributed by atoms with van der Waals surface area (Å²) in [4.78, 5) is 77.4. The van der Waals surface area contributed by atoms with E-state index in [1.165, 1.54) is 21.6 Å². The fourth-order valence-electron chi connectivity index (χ4n) is 11.2. The predicted octanol–water partition coefficient (Wildman–Crippen LogP) is 5.41. The van der Waals surface area contributed by atoms with Crippen molar-refractivity contribution in [3.05, 3.63) is 77.5 Å². The van der Waals surface area contributed by atoms with Gasteiger partial charge in [-0.05, 0) is 125 Å². The summed E-state index contributed by atoms with van der Waals surface area (Å²) in [5, 5.41) is 14.0. The molecule has 5 heterocycles. The molecule has 6 bridgehead atoms. The summed E-state index contributed by atoms with van der Waals surface area (Å²) in [7, 11) is 5.77. The predicted molar refractivity (Wildman–Crippen MR) is 269 cm³/mol. The van der Waals surface area contributed by atoms with E-state index in [1.54, 1.807) is 29.0 Å². The number of cyclic esters (lactones) is 1. The molecule has 15 nitrogen and oxygen atoms in total. The van der Waals surface area contributed by atoms with Gasteiger partial charge in [0, 0.05) is 80.2 Å². The number of carbonyl (C=O) groups excluding carboxylic acids is 5. The molecule has 3 saturated heterocycles. The summed E-state index contributed by atoms with van der Waals surface area (Å²) in [6.45, 7) is 21.2. The van der Waals surface area contributed by atoms with Crippen LogP contribution in [0.2, 0.25) is 0 Å². The van der Waals surface area contributed by atoms with Gasteiger partial charge >= 0.3 is 5.97 Å². The molecule has 4 aliphatic heterocycles. The van der Waals surface area contributed by atoms with Gasteiger partial charge in [-0.15, -0.1) is 0 Å². The monoisotopic (exact) mass is 949 g/mol. The van der Waals surface area contributed by atoms with Crippen LogP contribution in [0, 0.1) is 17.3 Å². The Kier molecular flexibility index (Phi) is 14.9. The largest absolute Gasteiger partial charge is 0.508 e. The molecule has 69 heavy (non-hydrogen) atoms. The lowest BCUT2D eigenvalue weighted by atomic mass is 9.77. The maximum Gasteiger partial charge on any atom is 0.324 e. The van der Waals surface area contributed by atoms with Crippen LogP contribution in [-0.2, 0) is 53.5 Å². The highest BCUT2D eigenvalue weighted by molar-refractivity contribution is 6.00. The number of nitrogens with one attached hydrogen (secondary N) is 1. The van der Waals surface area contributed by atoms with E-state index in [2.05, 4.69) is 94.5 Å². The van der Waals surface area contributed by atoms with Gasteiger partial charge in [0.1, 0.15) is 23.4 Å². The molecule has 2 aromatic carbocycles. The molecule has 0 saturated carbocycles. The van der Waals surface area contributed by atoms with Gasteiger partial charge in [-0.1, -0.05) is 58.1 Å². The zero-order valence-corrected chi connectivity index (χ0v) is 42.7. The van der Waals surface area contributed by atoms with Crippen LogP contribution in [0.1, 0.15) is 91.0 Å². The fourth-order valence-corrected chi connectivity index (χ4v) is 11.2. The Morgan fingerprint density at radius 3 is 2.46 bits per heavy atom. The van der Waals surface area contributed by atoms with Crippen LogP contribution in [-0.4, -0.2) is 149 Å². The molecule has 4 aliphatic rings. The van der Waals surface area contributed by atoms with Gasteiger partial charge in [-0.2, -0.15) is 0 Å². The Bertz CT molecular complexity index is 2530. The van der Waals surface area contributed by atoms with Crippen LogP contribution >= 0.6 is 0 Å². The number of aromatic nitrogens is 1. The molecule has 4 amide bonds. The molecule has 15 heteroatoms. The van der Waals surface area contributed by atoms with Crippen molar-refractivity contribution in [2.24, 2.45) is 23.0 Å². The third kappa shape index (κ3) is 10.4. The number of likely N-dealkylation sites (N-methyl/N-ethyl adjacent to an activating group) is 1. The van der Waals surface area contributed by atoms with Crippen molar-refractivity contribution in [1.82, 2.24) is 34.6 Å². The van der Waals surface area contributed by atoms with Crippen LogP contribution in [0.5, 0.6) is 5.75 Å². The number of esters is 1. The Hall–Kier alpha value is -5.51. The third-order valence-electron chi connectivity index (χ3n) is 14.9. The standard InChI is InChI=1S/C54H76N8O7/c1-12-45(64)59-22-19-38(30-59)48(65)58(11)46(34(3)4)49(66)61-32-54(61)28-36-23-39(25-40(63)24-36)37-16-17-44-41(26-37)42(47(60(44)13-2)53(8,31-55)27-35(5)18-21-57(9)10)29-52(6,7)33-69-50(67)43-15-14-20-62(56-43)51(54)68/h12,16-17,23-27,34,38,43,46,56,63H,1,13-15,18-22,28-33,55H2,2-11H3/b35-27+/t38-,43-,46-,53-,54+,61?/m0/s1. The number of likely N-dealkylation sites (tertiary alicyclic amines) is 1. The van der Waals surface area contributed by atoms with E-state index >= 15 is 4.79 Å². The topological polar surface area (TPSA) is 174 Å². The van der Waals surface area contributed by atoms with Crippen LogP contribution in [0.25, 0.3) is 22.0 Å². The van der Waals surface area contributed by atoms with E-state index < -0.39 is 40.3 Å². The Balaban J connectivity index is 1.33. The number of carbonyl (C=O) groups is 5. The van der Waals surface area contributed by atoms with Crippen LogP contribution in [0.4, 0.5) is 0 Å². The number of fused-ring (bicyclic) bond motifs is 6. The second-order valence-electron chi connectivity index (χ2n) is 21.8. The van der Waals surface area contributed by atoms with Gasteiger partial charge < -0.3 is 39.7 Å². The minimum atomic E-state index is -1.39. The van der Waals surface area contributed by atoms with Gasteiger partial charge in [0.2, 0.25) is 17.7 Å². The first-order valence-corrected chi connectivity index (χ1v) is 24.8. The minimum Gasteiger partial charge on any atom is -0.508 e. The first kappa shape index (κ1) is 51.3. The highest BCUT2D eigenvalue weighted by Gasteiger charge is 2.64. The van der Waals surface area contributed by atoms with Crippen LogP contribution < -0.4 is 11.2 Å². The summed E-state index contributed by atoms with van der Waals surface area (Å²) in [6, 6.07) is 10.0. The lowest BCUT2D eigenvalue weighted by Gasteiger charge is -2.37. The maximum absolute atomic E-state index is 15.1. The molecule has 1 aromatic heterocycles. The number of benzene rings is 2. The van der Waals surface area contributed by atoms with Gasteiger partial charge in [0.15, 0.2) is 0 Å². The molecule has 0 unspecified atom stereocenters. The molecule has 4 N–H and O–H groups in total. The number of aryl methyl sites for hydroxylation is 1. The Morgan fingerprint density at radius 1 is 1.06 bits per heavy atom. The highest BCUT2D eigenvalue weighted by Crippen LogP contribution is 2.44. The van der Waals surface area contributed by atoms with Crippen molar-refractivity contribution in [3.63, 3.8) is 0 Å². The summed E-state index contributed by atoms with van der Waals surface area (Å²) in [5.41, 5.74) is 14.4. The number of ether oxygens (including phenoxy) is 1. The Morgan fingerprint density at radius 2 is 1.80 bits per heavy atom.